The zero-order valence-corrected chi connectivity index (χ0v) is 10.9. The number of Topliss-reactive ketones (excluding diaryl/α,β-unsaturated/α-hetero) is 2. The van der Waals surface area contributed by atoms with Crippen LogP contribution in [0.1, 0.15) is 34.6 Å². The topological polar surface area (TPSA) is 34.1 Å². The molecule has 0 saturated carbocycles. The van der Waals surface area contributed by atoms with E-state index in [4.69, 9.17) is 0 Å². The van der Waals surface area contributed by atoms with Gasteiger partial charge in [-0.2, -0.15) is 0 Å². The molecule has 0 unspecified atom stereocenters. The van der Waals surface area contributed by atoms with Gasteiger partial charge >= 0.3 is 0 Å². The van der Waals surface area contributed by atoms with Crippen LogP contribution in [0.15, 0.2) is 21.1 Å². The lowest BCUT2D eigenvalue weighted by molar-refractivity contribution is 0.1000. The van der Waals surface area contributed by atoms with Gasteiger partial charge in [-0.05, 0) is 26.0 Å². The summed E-state index contributed by atoms with van der Waals surface area (Å²) < 4.78 is 1.30. The van der Waals surface area contributed by atoms with Gasteiger partial charge in [0.1, 0.15) is 0 Å². The van der Waals surface area contributed by atoms with E-state index in [0.717, 1.165) is 0 Å². The molecule has 0 heterocycles. The third kappa shape index (κ3) is 2.30. The highest BCUT2D eigenvalue weighted by atomic mass is 79.9. The van der Waals surface area contributed by atoms with Gasteiger partial charge < -0.3 is 0 Å². The highest BCUT2D eigenvalue weighted by Gasteiger charge is 2.12. The Morgan fingerprint density at radius 3 is 1.43 bits per heavy atom. The molecule has 74 valence electrons. The second kappa shape index (κ2) is 4.36. The van der Waals surface area contributed by atoms with E-state index in [1.54, 1.807) is 12.1 Å². The van der Waals surface area contributed by atoms with Crippen molar-refractivity contribution in [3.05, 3.63) is 32.2 Å². The third-order valence-corrected chi connectivity index (χ3v) is 3.13. The zero-order chi connectivity index (χ0) is 10.9. The summed E-state index contributed by atoms with van der Waals surface area (Å²) in [6.07, 6.45) is 0. The van der Waals surface area contributed by atoms with Gasteiger partial charge in [0.25, 0.3) is 0 Å². The number of hydrogen-bond acceptors (Lipinski definition) is 2. The standard InChI is InChI=1S/C10H8Br2O2/c1-5(13)7-3-10(12)8(6(2)14)4-9(7)11/h3-4H,1-2H3. The van der Waals surface area contributed by atoms with Gasteiger partial charge in [0.2, 0.25) is 0 Å². The molecule has 1 aromatic carbocycles. The average Bonchev–Trinajstić information content (AvgIpc) is 2.07. The fourth-order valence-electron chi connectivity index (χ4n) is 1.09. The summed E-state index contributed by atoms with van der Waals surface area (Å²) in [5.41, 5.74) is 1.14. The number of carbonyl (C=O) groups excluding carboxylic acids is 2. The number of carbonyl (C=O) groups is 2. The number of hydrogen-bond donors (Lipinski definition) is 0. The van der Waals surface area contributed by atoms with Crippen LogP contribution in [0, 0.1) is 0 Å². The van der Waals surface area contributed by atoms with Crippen LogP contribution in [-0.4, -0.2) is 11.6 Å². The van der Waals surface area contributed by atoms with Crippen LogP contribution in [0.4, 0.5) is 0 Å². The quantitative estimate of drug-likeness (QED) is 0.780. The van der Waals surface area contributed by atoms with Crippen molar-refractivity contribution in [3.63, 3.8) is 0 Å². The Morgan fingerprint density at radius 1 is 0.929 bits per heavy atom. The van der Waals surface area contributed by atoms with Gasteiger partial charge in [-0.3, -0.25) is 9.59 Å². The minimum Gasteiger partial charge on any atom is -0.294 e. The van der Waals surface area contributed by atoms with Crippen LogP contribution in [-0.2, 0) is 0 Å². The Balaban J connectivity index is 3.38. The molecule has 0 aromatic heterocycles. The van der Waals surface area contributed by atoms with Crippen molar-refractivity contribution in [3.8, 4) is 0 Å². The molecule has 0 radical (unpaired) electrons. The first-order chi connectivity index (χ1) is 6.43. The second-order valence-corrected chi connectivity index (χ2v) is 4.63. The summed E-state index contributed by atoms with van der Waals surface area (Å²) in [6, 6.07) is 3.31. The number of rotatable bonds is 2. The predicted octanol–water partition coefficient (Wildman–Crippen LogP) is 3.62. The third-order valence-electron chi connectivity index (χ3n) is 1.82. The summed E-state index contributed by atoms with van der Waals surface area (Å²) in [5, 5.41) is 0. The molecule has 0 bridgehead atoms. The average molecular weight is 320 g/mol. The highest BCUT2D eigenvalue weighted by Crippen LogP contribution is 2.26. The predicted molar refractivity (Wildman–Crippen MR) is 61.9 cm³/mol. The van der Waals surface area contributed by atoms with Gasteiger partial charge in [-0.15, -0.1) is 0 Å². The first-order valence-electron chi connectivity index (χ1n) is 3.94. The maximum absolute atomic E-state index is 11.2. The van der Waals surface area contributed by atoms with Crippen molar-refractivity contribution < 1.29 is 9.59 Å². The van der Waals surface area contributed by atoms with Gasteiger partial charge in [-0.1, -0.05) is 31.9 Å². The van der Waals surface area contributed by atoms with E-state index in [9.17, 15) is 9.59 Å². The van der Waals surface area contributed by atoms with Crippen LogP contribution in [0.25, 0.3) is 0 Å². The van der Waals surface area contributed by atoms with Gasteiger partial charge in [0.15, 0.2) is 11.6 Å². The molecule has 1 rings (SSSR count). The Morgan fingerprint density at radius 2 is 1.21 bits per heavy atom. The second-order valence-electron chi connectivity index (χ2n) is 2.92. The van der Waals surface area contributed by atoms with E-state index < -0.39 is 0 Å². The molecular formula is C10H8Br2O2. The lowest BCUT2D eigenvalue weighted by atomic mass is 10.1. The number of ketones is 2. The van der Waals surface area contributed by atoms with Gasteiger partial charge in [0.05, 0.1) is 0 Å². The molecule has 1 aromatic rings. The van der Waals surface area contributed by atoms with Crippen molar-refractivity contribution in [2.75, 3.05) is 0 Å². The molecule has 0 aliphatic heterocycles. The molecule has 0 atom stereocenters. The molecule has 0 aliphatic carbocycles. The molecule has 0 spiro atoms. The molecular weight excluding hydrogens is 312 g/mol. The summed E-state index contributed by atoms with van der Waals surface area (Å²) in [7, 11) is 0. The summed E-state index contributed by atoms with van der Waals surface area (Å²) >= 11 is 6.51. The molecule has 0 aliphatic rings. The lowest BCUT2D eigenvalue weighted by Gasteiger charge is -2.05. The highest BCUT2D eigenvalue weighted by molar-refractivity contribution is 9.11. The normalized spacial score (nSPS) is 10.0. The smallest absolute Gasteiger partial charge is 0.160 e. The molecule has 0 fully saturated rings. The largest absolute Gasteiger partial charge is 0.294 e. The summed E-state index contributed by atoms with van der Waals surface area (Å²) in [5.74, 6) is -0.0691. The Labute approximate surface area is 98.9 Å². The van der Waals surface area contributed by atoms with Crippen LogP contribution >= 0.6 is 31.9 Å². The first kappa shape index (κ1) is 11.6. The van der Waals surface area contributed by atoms with Crippen LogP contribution in [0.2, 0.25) is 0 Å². The monoisotopic (exact) mass is 318 g/mol. The van der Waals surface area contributed by atoms with E-state index >= 15 is 0 Å². The van der Waals surface area contributed by atoms with Crippen molar-refractivity contribution in [1.29, 1.82) is 0 Å². The van der Waals surface area contributed by atoms with Gasteiger partial charge in [-0.25, -0.2) is 0 Å². The van der Waals surface area contributed by atoms with Crippen molar-refractivity contribution in [2.24, 2.45) is 0 Å². The minimum atomic E-state index is -0.0346. The fraction of sp³-hybridized carbons (Fsp3) is 0.200. The molecule has 0 N–H and O–H groups in total. The fourth-order valence-corrected chi connectivity index (χ4v) is 2.33. The molecule has 4 heteroatoms. The SMILES string of the molecule is CC(=O)c1cc(Br)c(C(C)=O)cc1Br. The van der Waals surface area contributed by atoms with E-state index in [2.05, 4.69) is 31.9 Å². The maximum Gasteiger partial charge on any atom is 0.160 e. The van der Waals surface area contributed by atoms with E-state index in [1.807, 2.05) is 0 Å². The maximum atomic E-state index is 11.2. The number of benzene rings is 1. The first-order valence-corrected chi connectivity index (χ1v) is 5.53. The van der Waals surface area contributed by atoms with E-state index in [0.29, 0.717) is 20.1 Å². The van der Waals surface area contributed by atoms with Crippen LogP contribution in [0.3, 0.4) is 0 Å². The lowest BCUT2D eigenvalue weighted by Crippen LogP contribution is -1.99. The van der Waals surface area contributed by atoms with Crippen molar-refractivity contribution >= 4 is 43.4 Å². The molecule has 0 saturated heterocycles. The Hall–Kier alpha value is -0.480. The van der Waals surface area contributed by atoms with Crippen LogP contribution in [0.5, 0.6) is 0 Å². The van der Waals surface area contributed by atoms with Crippen molar-refractivity contribution in [2.45, 2.75) is 13.8 Å². The summed E-state index contributed by atoms with van der Waals surface area (Å²) in [4.78, 5) is 22.3. The minimum absolute atomic E-state index is 0.0346. The van der Waals surface area contributed by atoms with Crippen LogP contribution < -0.4 is 0 Å². The number of halogens is 2. The Bertz CT molecular complexity index is 371. The summed E-state index contributed by atoms with van der Waals surface area (Å²) in [6.45, 7) is 2.97. The van der Waals surface area contributed by atoms with E-state index in [1.165, 1.54) is 13.8 Å². The van der Waals surface area contributed by atoms with E-state index in [-0.39, 0.29) is 11.6 Å². The Kier molecular flexibility index (Phi) is 3.61. The molecule has 14 heavy (non-hydrogen) atoms. The van der Waals surface area contributed by atoms with Crippen molar-refractivity contribution in [1.82, 2.24) is 0 Å². The molecule has 2 nitrogen and oxygen atoms in total. The van der Waals surface area contributed by atoms with Gasteiger partial charge in [0, 0.05) is 20.1 Å². The zero-order valence-electron chi connectivity index (χ0n) is 7.73. The molecule has 0 amide bonds.